The maximum atomic E-state index is 5.57. The number of para-hydroxylation sites is 1. The Bertz CT molecular complexity index is 3260. The van der Waals surface area contributed by atoms with Crippen molar-refractivity contribution >= 4 is 129 Å². The highest BCUT2D eigenvalue weighted by atomic mass is 32.1. The predicted molar refractivity (Wildman–Crippen MR) is 218 cm³/mol. The van der Waals surface area contributed by atoms with E-state index in [2.05, 4.69) is 149 Å². The Morgan fingerprint density at radius 1 is 0.500 bits per heavy atom. The van der Waals surface area contributed by atoms with Gasteiger partial charge >= 0.3 is 0 Å². The average Bonchev–Trinajstić information content (AvgIpc) is 3.93. The highest BCUT2D eigenvalue weighted by Gasteiger charge is 2.31. The summed E-state index contributed by atoms with van der Waals surface area (Å²) in [5, 5.41) is 15.6. The average molecular weight is 692 g/mol. The summed E-state index contributed by atoms with van der Waals surface area (Å²) in [4.78, 5) is 6.82. The fourth-order valence-corrected chi connectivity index (χ4v) is 11.9. The van der Waals surface area contributed by atoms with Crippen LogP contribution in [-0.4, -0.2) is 10.5 Å². The minimum Gasteiger partial charge on any atom is -0.343 e. The monoisotopic (exact) mass is 691 g/mol. The highest BCUT2D eigenvalue weighted by Crippen LogP contribution is 2.50. The summed E-state index contributed by atoms with van der Waals surface area (Å²) in [5.41, 5.74) is 4.68. The largest absolute Gasteiger partial charge is 0.343 e. The SMILES string of the molecule is c1ccc2c3c(sc2c1)C(c1ccc2sc4ccccc4c2c1)NC(n1c2ccccc2c2c4sc5ccccc5c4c4ccccc4c21)=N3. The van der Waals surface area contributed by atoms with Gasteiger partial charge in [0.05, 0.1) is 27.6 Å². The lowest BCUT2D eigenvalue weighted by Gasteiger charge is -2.27. The van der Waals surface area contributed by atoms with E-state index in [0.717, 1.165) is 17.2 Å². The summed E-state index contributed by atoms with van der Waals surface area (Å²) >= 11 is 5.62. The van der Waals surface area contributed by atoms with Gasteiger partial charge in [-0.25, -0.2) is 4.99 Å². The molecular formula is C44H25N3S3. The van der Waals surface area contributed by atoms with E-state index in [1.165, 1.54) is 87.9 Å². The first kappa shape index (κ1) is 27.3. The Morgan fingerprint density at radius 3 is 1.94 bits per heavy atom. The van der Waals surface area contributed by atoms with Gasteiger partial charge in [-0.2, -0.15) is 0 Å². The van der Waals surface area contributed by atoms with Crippen LogP contribution >= 0.6 is 34.0 Å². The van der Waals surface area contributed by atoms with Crippen molar-refractivity contribution in [2.75, 3.05) is 0 Å². The van der Waals surface area contributed by atoms with E-state index >= 15 is 0 Å². The van der Waals surface area contributed by atoms with Crippen LogP contribution in [0.4, 0.5) is 5.69 Å². The number of aliphatic imine (C=N–C) groups is 1. The molecule has 0 aliphatic carbocycles. The van der Waals surface area contributed by atoms with Crippen LogP contribution in [0.15, 0.2) is 145 Å². The second kappa shape index (κ2) is 10.0. The molecule has 0 saturated carbocycles. The summed E-state index contributed by atoms with van der Waals surface area (Å²) in [7, 11) is 0. The molecule has 0 saturated heterocycles. The fourth-order valence-electron chi connectivity index (χ4n) is 8.31. The van der Waals surface area contributed by atoms with Crippen molar-refractivity contribution in [3.63, 3.8) is 0 Å². The Kier molecular flexibility index (Phi) is 5.47. The maximum absolute atomic E-state index is 5.57. The van der Waals surface area contributed by atoms with Crippen molar-refractivity contribution in [1.82, 2.24) is 9.88 Å². The highest BCUT2D eigenvalue weighted by molar-refractivity contribution is 7.27. The van der Waals surface area contributed by atoms with Crippen LogP contribution < -0.4 is 5.32 Å². The second-order valence-electron chi connectivity index (χ2n) is 13.1. The second-order valence-corrected chi connectivity index (χ2v) is 16.3. The van der Waals surface area contributed by atoms with Gasteiger partial charge in [-0.15, -0.1) is 34.0 Å². The number of thiophene rings is 3. The standard InChI is InChI=1S/C44H25N3S3/c1-2-13-27-26(12-1)37-29-15-5-9-19-34(29)49-42(37)38-28-14-3-7-17-32(28)47(41(27)38)44-45-39(43-40(46-44)30-16-6-10-20-35(30)50-43)24-21-22-36-31(23-24)25-11-4-8-18-33(25)48-36/h1-23,39H,(H,45,46). The molecule has 11 aromatic rings. The molecule has 1 N–H and O–H groups in total. The molecule has 4 aromatic heterocycles. The van der Waals surface area contributed by atoms with E-state index in [4.69, 9.17) is 4.99 Å². The van der Waals surface area contributed by atoms with Gasteiger partial charge in [0, 0.05) is 66.6 Å². The van der Waals surface area contributed by atoms with E-state index in [1.54, 1.807) is 0 Å². The van der Waals surface area contributed by atoms with E-state index < -0.39 is 0 Å². The fraction of sp³-hybridized carbons (Fsp3) is 0.0227. The van der Waals surface area contributed by atoms with Crippen molar-refractivity contribution in [1.29, 1.82) is 0 Å². The topological polar surface area (TPSA) is 29.3 Å². The summed E-state index contributed by atoms with van der Waals surface area (Å²) < 4.78 is 8.96. The van der Waals surface area contributed by atoms with Crippen LogP contribution in [0.1, 0.15) is 16.5 Å². The third kappa shape index (κ3) is 3.60. The molecular weight excluding hydrogens is 667 g/mol. The third-order valence-corrected chi connectivity index (χ3v) is 14.0. The molecule has 1 aliphatic rings. The van der Waals surface area contributed by atoms with Crippen molar-refractivity contribution in [3.8, 4) is 0 Å². The molecule has 0 radical (unpaired) electrons. The van der Waals surface area contributed by atoms with Gasteiger partial charge in [0.1, 0.15) is 0 Å². The van der Waals surface area contributed by atoms with Crippen LogP contribution in [0.5, 0.6) is 0 Å². The van der Waals surface area contributed by atoms with E-state index in [9.17, 15) is 0 Å². The summed E-state index contributed by atoms with van der Waals surface area (Å²) in [6, 6.07) is 51.1. The number of rotatable bonds is 1. The summed E-state index contributed by atoms with van der Waals surface area (Å²) in [6.07, 6.45) is 0. The number of hydrogen-bond acceptors (Lipinski definition) is 5. The minimum atomic E-state index is -0.0616. The molecule has 0 spiro atoms. The van der Waals surface area contributed by atoms with Gasteiger partial charge in [-0.1, -0.05) is 103 Å². The zero-order chi connectivity index (χ0) is 32.5. The predicted octanol–water partition coefficient (Wildman–Crippen LogP) is 13.1. The lowest BCUT2D eigenvalue weighted by atomic mass is 9.99. The number of fused-ring (bicyclic) bond motifs is 16. The van der Waals surface area contributed by atoms with Crippen LogP contribution in [0.3, 0.4) is 0 Å². The third-order valence-electron chi connectivity index (χ3n) is 10.4. The minimum absolute atomic E-state index is 0.0616. The van der Waals surface area contributed by atoms with Crippen molar-refractivity contribution < 1.29 is 0 Å². The van der Waals surface area contributed by atoms with Gasteiger partial charge in [0.25, 0.3) is 0 Å². The summed E-state index contributed by atoms with van der Waals surface area (Å²) in [5.74, 6) is 0.859. The molecule has 1 unspecified atom stereocenters. The molecule has 1 aliphatic heterocycles. The zero-order valence-electron chi connectivity index (χ0n) is 26.5. The van der Waals surface area contributed by atoms with E-state index in [0.29, 0.717) is 0 Å². The van der Waals surface area contributed by atoms with Gasteiger partial charge in [0.15, 0.2) is 0 Å². The van der Waals surface area contributed by atoms with Crippen molar-refractivity contribution in [2.45, 2.75) is 6.04 Å². The number of aromatic nitrogens is 1. The van der Waals surface area contributed by atoms with Gasteiger partial charge in [-0.05, 0) is 47.3 Å². The molecule has 7 aromatic carbocycles. The van der Waals surface area contributed by atoms with E-state index in [-0.39, 0.29) is 6.04 Å². The number of benzene rings is 7. The Balaban J connectivity index is 1.19. The van der Waals surface area contributed by atoms with Gasteiger partial charge in [-0.3, -0.25) is 4.57 Å². The molecule has 1 atom stereocenters. The van der Waals surface area contributed by atoms with Gasteiger partial charge in [0.2, 0.25) is 5.96 Å². The molecule has 234 valence electrons. The van der Waals surface area contributed by atoms with Crippen molar-refractivity contribution in [2.24, 2.45) is 4.99 Å². The molecule has 12 rings (SSSR count). The Labute approximate surface area is 298 Å². The lowest BCUT2D eigenvalue weighted by Crippen LogP contribution is -2.36. The number of nitrogens with zero attached hydrogens (tertiary/aromatic N) is 2. The lowest BCUT2D eigenvalue weighted by molar-refractivity contribution is 0.748. The normalized spacial score (nSPS) is 14.9. The van der Waals surface area contributed by atoms with Crippen molar-refractivity contribution in [3.05, 3.63) is 150 Å². The maximum Gasteiger partial charge on any atom is 0.209 e. The first-order valence-electron chi connectivity index (χ1n) is 16.8. The van der Waals surface area contributed by atoms with Crippen LogP contribution in [-0.2, 0) is 0 Å². The smallest absolute Gasteiger partial charge is 0.209 e. The first-order chi connectivity index (χ1) is 24.8. The van der Waals surface area contributed by atoms with Crippen LogP contribution in [0.25, 0.3) is 83.0 Å². The summed E-state index contributed by atoms with van der Waals surface area (Å²) in [6.45, 7) is 0. The molecule has 5 heterocycles. The zero-order valence-corrected chi connectivity index (χ0v) is 28.9. The first-order valence-corrected chi connectivity index (χ1v) is 19.3. The molecule has 6 heteroatoms. The van der Waals surface area contributed by atoms with E-state index in [1.807, 2.05) is 34.0 Å². The molecule has 50 heavy (non-hydrogen) atoms. The number of hydrogen-bond donors (Lipinski definition) is 1. The molecule has 0 amide bonds. The molecule has 0 bridgehead atoms. The Hall–Kier alpha value is -5.53. The number of nitrogens with one attached hydrogen (secondary N) is 1. The van der Waals surface area contributed by atoms with Crippen LogP contribution in [0.2, 0.25) is 0 Å². The molecule has 0 fully saturated rings. The Morgan fingerprint density at radius 2 is 1.12 bits per heavy atom. The van der Waals surface area contributed by atoms with Gasteiger partial charge < -0.3 is 5.32 Å². The quantitative estimate of drug-likeness (QED) is 0.182. The molecule has 3 nitrogen and oxygen atoms in total. The van der Waals surface area contributed by atoms with Crippen LogP contribution in [0, 0.1) is 0 Å².